The van der Waals surface area contributed by atoms with E-state index in [2.05, 4.69) is 16.2 Å². The van der Waals surface area contributed by atoms with Crippen LogP contribution >= 0.6 is 22.9 Å². The fourth-order valence-corrected chi connectivity index (χ4v) is 4.09. The lowest BCUT2D eigenvalue weighted by molar-refractivity contribution is 0.624. The number of para-hydroxylation sites is 1. The quantitative estimate of drug-likeness (QED) is 0.406. The van der Waals surface area contributed by atoms with Crippen LogP contribution in [0.25, 0.3) is 21.9 Å². The summed E-state index contributed by atoms with van der Waals surface area (Å²) >= 11 is 8.00. The number of thiazole rings is 1. The van der Waals surface area contributed by atoms with Gasteiger partial charge in [0.2, 0.25) is 0 Å². The Bertz CT molecular complexity index is 1200. The number of nitrogens with zero attached hydrogens (tertiary/aromatic N) is 4. The molecule has 0 unspecified atom stereocenters. The molecule has 2 heterocycles. The zero-order valence-electron chi connectivity index (χ0n) is 14.9. The molecule has 0 saturated heterocycles. The summed E-state index contributed by atoms with van der Waals surface area (Å²) < 4.78 is 15.8. The number of hydrogen-bond donors (Lipinski definition) is 0. The van der Waals surface area contributed by atoms with Crippen molar-refractivity contribution >= 4 is 44.8 Å². The van der Waals surface area contributed by atoms with Crippen molar-refractivity contribution in [2.45, 2.75) is 13.5 Å². The van der Waals surface area contributed by atoms with E-state index in [1.807, 2.05) is 31.2 Å². The van der Waals surface area contributed by atoms with Gasteiger partial charge in [-0.1, -0.05) is 35.9 Å². The Balaban J connectivity index is 1.70. The molecule has 4 rings (SSSR count). The summed E-state index contributed by atoms with van der Waals surface area (Å²) in [6.45, 7) is 2.25. The minimum Gasteiger partial charge on any atom is -0.249 e. The highest BCUT2D eigenvalue weighted by Gasteiger charge is 2.15. The van der Waals surface area contributed by atoms with Crippen LogP contribution in [0.3, 0.4) is 0 Å². The third-order valence-electron chi connectivity index (χ3n) is 4.29. The summed E-state index contributed by atoms with van der Waals surface area (Å²) in [5.74, 6) is -0.287. The van der Waals surface area contributed by atoms with Crippen molar-refractivity contribution in [3.63, 3.8) is 0 Å². The molecule has 4 aromatic rings. The summed E-state index contributed by atoms with van der Waals surface area (Å²) in [7, 11) is 0. The average Bonchev–Trinajstić information content (AvgIpc) is 3.23. The van der Waals surface area contributed by atoms with Crippen LogP contribution in [-0.2, 0) is 6.54 Å². The number of allylic oxidation sites excluding steroid dienone is 1. The third-order valence-corrected chi connectivity index (χ3v) is 5.76. The van der Waals surface area contributed by atoms with Gasteiger partial charge in [-0.05, 0) is 42.8 Å². The molecule has 2 aromatic carbocycles. The van der Waals surface area contributed by atoms with Crippen molar-refractivity contribution in [1.82, 2.24) is 14.8 Å². The number of benzene rings is 2. The monoisotopic (exact) mass is 408 g/mol. The SMILES string of the molecule is Cc1nn(Cc2ccc(F)cc2)c(Cl)c1/C=C(\C#N)c1nc2ccccc2s1. The third kappa shape index (κ3) is 3.55. The molecule has 0 radical (unpaired) electrons. The Labute approximate surface area is 170 Å². The predicted octanol–water partition coefficient (Wildman–Crippen LogP) is 5.71. The summed E-state index contributed by atoms with van der Waals surface area (Å²) in [4.78, 5) is 4.54. The Morgan fingerprint density at radius 1 is 1.25 bits per heavy atom. The van der Waals surface area contributed by atoms with Crippen LogP contribution in [0, 0.1) is 24.1 Å². The van der Waals surface area contributed by atoms with Crippen LogP contribution in [0.5, 0.6) is 0 Å². The van der Waals surface area contributed by atoms with Crippen LogP contribution in [0.15, 0.2) is 48.5 Å². The smallest absolute Gasteiger partial charge is 0.135 e. The molecule has 0 saturated carbocycles. The van der Waals surface area contributed by atoms with Crippen molar-refractivity contribution in [2.24, 2.45) is 0 Å². The van der Waals surface area contributed by atoms with Crippen molar-refractivity contribution in [1.29, 1.82) is 5.26 Å². The Kier molecular flexibility index (Phi) is 4.95. The second-order valence-corrected chi connectivity index (χ2v) is 7.62. The molecular weight excluding hydrogens is 395 g/mol. The topological polar surface area (TPSA) is 54.5 Å². The van der Waals surface area contributed by atoms with Gasteiger partial charge in [0, 0.05) is 5.56 Å². The molecule has 0 atom stereocenters. The summed E-state index contributed by atoms with van der Waals surface area (Å²) in [5.41, 5.74) is 3.57. The van der Waals surface area contributed by atoms with Gasteiger partial charge in [0.1, 0.15) is 22.0 Å². The number of nitriles is 1. The van der Waals surface area contributed by atoms with Gasteiger partial charge in [0.25, 0.3) is 0 Å². The number of aryl methyl sites for hydroxylation is 1. The fourth-order valence-electron chi connectivity index (χ4n) is 2.87. The number of aromatic nitrogens is 3. The van der Waals surface area contributed by atoms with Gasteiger partial charge in [0.05, 0.1) is 28.0 Å². The average molecular weight is 409 g/mol. The Hall–Kier alpha value is -3.01. The maximum atomic E-state index is 13.1. The molecule has 0 bridgehead atoms. The molecule has 0 amide bonds. The molecule has 28 heavy (non-hydrogen) atoms. The van der Waals surface area contributed by atoms with Crippen LogP contribution in [0.4, 0.5) is 4.39 Å². The van der Waals surface area contributed by atoms with Crippen LogP contribution in [0.1, 0.15) is 21.8 Å². The summed E-state index contributed by atoms with van der Waals surface area (Å²) in [5, 5.41) is 15.2. The van der Waals surface area contributed by atoms with Gasteiger partial charge in [-0.2, -0.15) is 10.4 Å². The van der Waals surface area contributed by atoms with Crippen LogP contribution in [-0.4, -0.2) is 14.8 Å². The molecule has 0 spiro atoms. The van der Waals surface area contributed by atoms with E-state index in [-0.39, 0.29) is 5.82 Å². The van der Waals surface area contributed by atoms with Crippen molar-refractivity contribution in [3.05, 3.63) is 81.3 Å². The van der Waals surface area contributed by atoms with Crippen LogP contribution in [0.2, 0.25) is 5.15 Å². The minimum absolute atomic E-state index is 0.287. The van der Waals surface area contributed by atoms with E-state index in [0.29, 0.717) is 33.5 Å². The first-order valence-corrected chi connectivity index (χ1v) is 9.69. The van der Waals surface area contributed by atoms with E-state index in [9.17, 15) is 9.65 Å². The van der Waals surface area contributed by atoms with Gasteiger partial charge in [0.15, 0.2) is 0 Å². The second-order valence-electron chi connectivity index (χ2n) is 6.23. The standard InChI is InChI=1S/C21H14ClFN4S/c1-13-17(20(22)27(26-13)12-14-6-8-16(23)9-7-14)10-15(11-24)21-25-18-4-2-3-5-19(18)28-21/h2-10H,12H2,1H3/b15-10+. The normalized spacial score (nSPS) is 11.7. The number of hydrogen-bond acceptors (Lipinski definition) is 4. The van der Waals surface area contributed by atoms with E-state index in [1.165, 1.54) is 23.5 Å². The van der Waals surface area contributed by atoms with Gasteiger partial charge in [-0.25, -0.2) is 14.1 Å². The van der Waals surface area contributed by atoms with E-state index >= 15 is 0 Å². The molecular formula is C21H14ClFN4S. The lowest BCUT2D eigenvalue weighted by Gasteiger charge is -2.03. The molecule has 0 fully saturated rings. The molecule has 2 aromatic heterocycles. The van der Waals surface area contributed by atoms with E-state index in [4.69, 9.17) is 11.6 Å². The van der Waals surface area contributed by atoms with E-state index < -0.39 is 0 Å². The Morgan fingerprint density at radius 3 is 2.71 bits per heavy atom. The van der Waals surface area contributed by atoms with Gasteiger partial charge < -0.3 is 0 Å². The maximum absolute atomic E-state index is 13.1. The zero-order valence-corrected chi connectivity index (χ0v) is 16.4. The number of fused-ring (bicyclic) bond motifs is 1. The lowest BCUT2D eigenvalue weighted by Crippen LogP contribution is -2.02. The number of rotatable bonds is 4. The molecule has 0 N–H and O–H groups in total. The lowest BCUT2D eigenvalue weighted by atomic mass is 10.1. The van der Waals surface area contributed by atoms with Crippen LogP contribution < -0.4 is 0 Å². The molecule has 7 heteroatoms. The highest BCUT2D eigenvalue weighted by molar-refractivity contribution is 7.19. The Morgan fingerprint density at radius 2 is 2.00 bits per heavy atom. The first-order valence-electron chi connectivity index (χ1n) is 8.50. The zero-order chi connectivity index (χ0) is 19.7. The second kappa shape index (κ2) is 7.55. The van der Waals surface area contributed by atoms with Crippen molar-refractivity contribution in [3.8, 4) is 6.07 Å². The molecule has 0 aliphatic carbocycles. The minimum atomic E-state index is -0.287. The van der Waals surface area contributed by atoms with Crippen molar-refractivity contribution < 1.29 is 4.39 Å². The first kappa shape index (κ1) is 18.4. The summed E-state index contributed by atoms with van der Waals surface area (Å²) in [6.07, 6.45) is 1.73. The van der Waals surface area contributed by atoms with Crippen molar-refractivity contribution in [2.75, 3.05) is 0 Å². The van der Waals surface area contributed by atoms with E-state index in [0.717, 1.165) is 15.8 Å². The van der Waals surface area contributed by atoms with E-state index in [1.54, 1.807) is 22.9 Å². The molecule has 0 aliphatic heterocycles. The maximum Gasteiger partial charge on any atom is 0.135 e. The molecule has 4 nitrogen and oxygen atoms in total. The molecule has 0 aliphatic rings. The summed E-state index contributed by atoms with van der Waals surface area (Å²) in [6, 6.07) is 16.2. The van der Waals surface area contributed by atoms with Gasteiger partial charge >= 0.3 is 0 Å². The van der Waals surface area contributed by atoms with Gasteiger partial charge in [-0.3, -0.25) is 0 Å². The first-order chi connectivity index (χ1) is 13.5. The van der Waals surface area contributed by atoms with Gasteiger partial charge in [-0.15, -0.1) is 11.3 Å². The largest absolute Gasteiger partial charge is 0.249 e. The highest BCUT2D eigenvalue weighted by Crippen LogP contribution is 2.30. The highest BCUT2D eigenvalue weighted by atomic mass is 35.5. The predicted molar refractivity (Wildman–Crippen MR) is 111 cm³/mol. The fraction of sp³-hybridized carbons (Fsp3) is 0.0952. The molecule has 138 valence electrons. The number of halogens is 2.